The first-order valence-corrected chi connectivity index (χ1v) is 6.22. The SMILES string of the molecule is O=CCC(OCc1ccccc1)(c1ccco1)C(F)(F)F. The lowest BCUT2D eigenvalue weighted by Crippen LogP contribution is -2.45. The topological polar surface area (TPSA) is 39.4 Å². The van der Waals surface area contributed by atoms with E-state index in [0.717, 1.165) is 12.3 Å². The summed E-state index contributed by atoms with van der Waals surface area (Å²) in [6.45, 7) is -0.283. The molecule has 0 N–H and O–H groups in total. The van der Waals surface area contributed by atoms with E-state index < -0.39 is 24.0 Å². The second kappa shape index (κ2) is 6.13. The van der Waals surface area contributed by atoms with E-state index >= 15 is 0 Å². The average molecular weight is 298 g/mol. The minimum atomic E-state index is -4.78. The molecular weight excluding hydrogens is 285 g/mol. The fourth-order valence-electron chi connectivity index (χ4n) is 1.97. The molecule has 0 spiro atoms. The monoisotopic (exact) mass is 298 g/mol. The van der Waals surface area contributed by atoms with Crippen LogP contribution in [0.2, 0.25) is 0 Å². The van der Waals surface area contributed by atoms with Gasteiger partial charge in [-0.15, -0.1) is 0 Å². The Morgan fingerprint density at radius 2 is 1.81 bits per heavy atom. The molecule has 1 atom stereocenters. The molecule has 0 amide bonds. The number of carbonyl (C=O) groups is 1. The molecule has 2 aromatic rings. The van der Waals surface area contributed by atoms with Crippen molar-refractivity contribution in [3.63, 3.8) is 0 Å². The van der Waals surface area contributed by atoms with Gasteiger partial charge < -0.3 is 13.9 Å². The molecule has 2 rings (SSSR count). The first kappa shape index (κ1) is 15.3. The molecule has 0 saturated heterocycles. The van der Waals surface area contributed by atoms with Crippen LogP contribution < -0.4 is 0 Å². The van der Waals surface area contributed by atoms with E-state index in [1.165, 1.54) is 6.07 Å². The zero-order valence-corrected chi connectivity index (χ0v) is 11.0. The predicted octanol–water partition coefficient (Wildman–Crippen LogP) is 3.84. The third-order valence-corrected chi connectivity index (χ3v) is 3.08. The summed E-state index contributed by atoms with van der Waals surface area (Å²) in [5.74, 6) is -0.432. The smallest absolute Gasteiger partial charge is 0.425 e. The van der Waals surface area contributed by atoms with Crippen molar-refractivity contribution in [2.75, 3.05) is 0 Å². The molecule has 1 heterocycles. The fourth-order valence-corrected chi connectivity index (χ4v) is 1.97. The number of hydrogen-bond donors (Lipinski definition) is 0. The highest BCUT2D eigenvalue weighted by Gasteiger charge is 2.59. The molecule has 0 aliphatic carbocycles. The highest BCUT2D eigenvalue weighted by atomic mass is 19.4. The van der Waals surface area contributed by atoms with E-state index in [2.05, 4.69) is 0 Å². The molecule has 1 aromatic heterocycles. The van der Waals surface area contributed by atoms with Gasteiger partial charge in [0.2, 0.25) is 5.60 Å². The summed E-state index contributed by atoms with van der Waals surface area (Å²) in [6.07, 6.45) is -4.34. The number of rotatable bonds is 6. The molecule has 0 aliphatic rings. The molecule has 3 nitrogen and oxygen atoms in total. The number of aldehydes is 1. The molecule has 6 heteroatoms. The van der Waals surface area contributed by atoms with E-state index in [0.29, 0.717) is 5.56 Å². The maximum atomic E-state index is 13.5. The highest BCUT2D eigenvalue weighted by Crippen LogP contribution is 2.45. The molecule has 1 aromatic carbocycles. The predicted molar refractivity (Wildman–Crippen MR) is 68.4 cm³/mol. The van der Waals surface area contributed by atoms with Crippen molar-refractivity contribution in [2.45, 2.75) is 24.8 Å². The highest BCUT2D eigenvalue weighted by molar-refractivity contribution is 5.52. The summed E-state index contributed by atoms with van der Waals surface area (Å²) in [4.78, 5) is 10.8. The number of ether oxygens (including phenoxy) is 1. The van der Waals surface area contributed by atoms with Crippen LogP contribution in [-0.4, -0.2) is 12.5 Å². The molecule has 0 radical (unpaired) electrons. The van der Waals surface area contributed by atoms with Gasteiger partial charge in [-0.3, -0.25) is 0 Å². The zero-order valence-electron chi connectivity index (χ0n) is 11.0. The molecule has 0 saturated carbocycles. The van der Waals surface area contributed by atoms with Crippen LogP contribution in [0.15, 0.2) is 53.1 Å². The van der Waals surface area contributed by atoms with Gasteiger partial charge in [-0.25, -0.2) is 0 Å². The first-order chi connectivity index (χ1) is 9.99. The molecule has 0 aliphatic heterocycles. The van der Waals surface area contributed by atoms with Gasteiger partial charge in [0.25, 0.3) is 0 Å². The second-order valence-corrected chi connectivity index (χ2v) is 4.45. The lowest BCUT2D eigenvalue weighted by molar-refractivity contribution is -0.294. The summed E-state index contributed by atoms with van der Waals surface area (Å²) in [7, 11) is 0. The van der Waals surface area contributed by atoms with E-state index in [9.17, 15) is 18.0 Å². The van der Waals surface area contributed by atoms with Crippen molar-refractivity contribution in [2.24, 2.45) is 0 Å². The lowest BCUT2D eigenvalue weighted by atomic mass is 9.96. The maximum Gasteiger partial charge on any atom is 0.425 e. The number of furan rings is 1. The molecule has 1 unspecified atom stereocenters. The summed E-state index contributed by atoms with van der Waals surface area (Å²) in [5, 5.41) is 0. The van der Waals surface area contributed by atoms with Gasteiger partial charge in [0.15, 0.2) is 0 Å². The zero-order chi connectivity index (χ0) is 15.3. The van der Waals surface area contributed by atoms with Gasteiger partial charge in [-0.05, 0) is 17.7 Å². The van der Waals surface area contributed by atoms with Crippen molar-refractivity contribution >= 4 is 6.29 Å². The number of carbonyl (C=O) groups excluding carboxylic acids is 1. The van der Waals surface area contributed by atoms with Gasteiger partial charge in [-0.1, -0.05) is 30.3 Å². The lowest BCUT2D eigenvalue weighted by Gasteiger charge is -2.32. The fraction of sp³-hybridized carbons (Fsp3) is 0.267. The van der Waals surface area contributed by atoms with Crippen LogP contribution in [0.3, 0.4) is 0 Å². The average Bonchev–Trinajstić information content (AvgIpc) is 2.97. The van der Waals surface area contributed by atoms with Crippen molar-refractivity contribution in [3.8, 4) is 0 Å². The Balaban J connectivity index is 2.33. The van der Waals surface area contributed by atoms with Crippen molar-refractivity contribution in [1.29, 1.82) is 0 Å². The Kier molecular flexibility index (Phi) is 4.47. The molecule has 21 heavy (non-hydrogen) atoms. The van der Waals surface area contributed by atoms with Gasteiger partial charge >= 0.3 is 6.18 Å². The number of hydrogen-bond acceptors (Lipinski definition) is 3. The van der Waals surface area contributed by atoms with Crippen LogP contribution in [0.25, 0.3) is 0 Å². The van der Waals surface area contributed by atoms with Crippen molar-refractivity contribution in [3.05, 3.63) is 60.1 Å². The Morgan fingerprint density at radius 1 is 1.10 bits per heavy atom. The molecular formula is C15H13F3O3. The quantitative estimate of drug-likeness (QED) is 0.761. The molecule has 112 valence electrons. The second-order valence-electron chi connectivity index (χ2n) is 4.45. The Bertz CT molecular complexity index is 564. The largest absolute Gasteiger partial charge is 0.466 e. The van der Waals surface area contributed by atoms with E-state index in [1.54, 1.807) is 30.3 Å². The van der Waals surface area contributed by atoms with Gasteiger partial charge in [-0.2, -0.15) is 13.2 Å². The van der Waals surface area contributed by atoms with Gasteiger partial charge in [0, 0.05) is 6.42 Å². The van der Waals surface area contributed by atoms with Gasteiger partial charge in [0.05, 0.1) is 12.9 Å². The number of benzene rings is 1. The number of halogens is 3. The van der Waals surface area contributed by atoms with Crippen LogP contribution in [0, 0.1) is 0 Å². The first-order valence-electron chi connectivity index (χ1n) is 6.22. The summed E-state index contributed by atoms with van der Waals surface area (Å²) in [6, 6.07) is 10.9. The van der Waals surface area contributed by atoms with E-state index in [4.69, 9.17) is 9.15 Å². The minimum absolute atomic E-state index is 0.182. The normalized spacial score (nSPS) is 14.6. The molecule has 0 fully saturated rings. The van der Waals surface area contributed by atoms with E-state index in [1.807, 2.05) is 0 Å². The summed E-state index contributed by atoms with van der Waals surface area (Å²) >= 11 is 0. The van der Waals surface area contributed by atoms with Crippen LogP contribution in [-0.2, 0) is 21.7 Å². The Hall–Kier alpha value is -2.08. The molecule has 0 bridgehead atoms. The maximum absolute atomic E-state index is 13.5. The van der Waals surface area contributed by atoms with Crippen molar-refractivity contribution in [1.82, 2.24) is 0 Å². The third kappa shape index (κ3) is 3.16. The Morgan fingerprint density at radius 3 is 2.33 bits per heavy atom. The van der Waals surface area contributed by atoms with Crippen LogP contribution in [0.4, 0.5) is 13.2 Å². The third-order valence-electron chi connectivity index (χ3n) is 3.08. The number of alkyl halides is 3. The minimum Gasteiger partial charge on any atom is -0.466 e. The van der Waals surface area contributed by atoms with Crippen LogP contribution >= 0.6 is 0 Å². The van der Waals surface area contributed by atoms with Crippen LogP contribution in [0.1, 0.15) is 17.7 Å². The summed E-state index contributed by atoms with van der Waals surface area (Å²) in [5.41, 5.74) is -2.20. The van der Waals surface area contributed by atoms with Gasteiger partial charge in [0.1, 0.15) is 12.0 Å². The van der Waals surface area contributed by atoms with Crippen molar-refractivity contribution < 1.29 is 27.1 Å². The summed E-state index contributed by atoms with van der Waals surface area (Å²) < 4.78 is 50.4. The standard InChI is InChI=1S/C15H13F3O3/c16-15(17,18)14(8-9-19,13-7-4-10-20-13)21-11-12-5-2-1-3-6-12/h1-7,9-10H,8,11H2. The van der Waals surface area contributed by atoms with Crippen LogP contribution in [0.5, 0.6) is 0 Å². The van der Waals surface area contributed by atoms with E-state index in [-0.39, 0.29) is 12.9 Å². The Labute approximate surface area is 119 Å².